The molecule has 0 atom stereocenters. The number of amides is 1. The van der Waals surface area contributed by atoms with Crippen molar-refractivity contribution >= 4 is 5.91 Å². The summed E-state index contributed by atoms with van der Waals surface area (Å²) in [6.45, 7) is 7.16. The predicted octanol–water partition coefficient (Wildman–Crippen LogP) is 4.60. The fraction of sp³-hybridized carbons (Fsp3) is 0.560. The molecule has 0 spiro atoms. The standard InChI is InChI=1S/C25H34N2O2/c1-20-4-10-24(29-20)19-26-16-12-23(13-17-26)18-22-7-5-21(6-8-22)9-11-25(28)27-14-2-3-15-27/h4-8,10,23H,2-3,9,11-19H2,1H3. The first-order chi connectivity index (χ1) is 14.2. The van der Waals surface area contributed by atoms with Crippen LogP contribution in [0.4, 0.5) is 0 Å². The molecule has 1 aromatic heterocycles. The predicted molar refractivity (Wildman–Crippen MR) is 116 cm³/mol. The molecule has 1 aromatic carbocycles. The first-order valence-corrected chi connectivity index (χ1v) is 11.3. The Hall–Kier alpha value is -2.07. The second-order valence-electron chi connectivity index (χ2n) is 8.84. The summed E-state index contributed by atoms with van der Waals surface area (Å²) >= 11 is 0. The van der Waals surface area contributed by atoms with Crippen molar-refractivity contribution in [2.45, 2.75) is 58.4 Å². The number of furan rings is 1. The van der Waals surface area contributed by atoms with Gasteiger partial charge in [0.1, 0.15) is 11.5 Å². The second kappa shape index (κ2) is 9.62. The molecule has 4 heteroatoms. The molecule has 2 aromatic rings. The van der Waals surface area contributed by atoms with Crippen molar-refractivity contribution in [3.05, 3.63) is 59.0 Å². The Morgan fingerprint density at radius 3 is 2.31 bits per heavy atom. The lowest BCUT2D eigenvalue weighted by atomic mass is 9.89. The van der Waals surface area contributed by atoms with Crippen LogP contribution in [-0.4, -0.2) is 41.9 Å². The zero-order valence-electron chi connectivity index (χ0n) is 17.7. The van der Waals surface area contributed by atoms with Crippen LogP contribution in [0.1, 0.15) is 54.8 Å². The maximum Gasteiger partial charge on any atom is 0.222 e. The fourth-order valence-corrected chi connectivity index (χ4v) is 4.69. The van der Waals surface area contributed by atoms with E-state index in [0.29, 0.717) is 12.3 Å². The van der Waals surface area contributed by atoms with Gasteiger partial charge in [0.2, 0.25) is 5.91 Å². The van der Waals surface area contributed by atoms with E-state index in [9.17, 15) is 4.79 Å². The Labute approximate surface area is 174 Å². The molecule has 0 unspecified atom stereocenters. The molecule has 2 saturated heterocycles. The molecule has 4 nitrogen and oxygen atoms in total. The molecular weight excluding hydrogens is 360 g/mol. The summed E-state index contributed by atoms with van der Waals surface area (Å²) in [4.78, 5) is 16.7. The van der Waals surface area contributed by atoms with E-state index in [4.69, 9.17) is 4.42 Å². The van der Waals surface area contributed by atoms with E-state index < -0.39 is 0 Å². The van der Waals surface area contributed by atoms with Crippen molar-refractivity contribution in [3.63, 3.8) is 0 Å². The number of carbonyl (C=O) groups excluding carboxylic acids is 1. The highest BCUT2D eigenvalue weighted by Crippen LogP contribution is 2.23. The lowest BCUT2D eigenvalue weighted by Gasteiger charge is -2.31. The number of likely N-dealkylation sites (tertiary alicyclic amines) is 2. The van der Waals surface area contributed by atoms with Crippen LogP contribution >= 0.6 is 0 Å². The highest BCUT2D eigenvalue weighted by Gasteiger charge is 2.20. The van der Waals surface area contributed by atoms with Crippen molar-refractivity contribution in [2.75, 3.05) is 26.2 Å². The van der Waals surface area contributed by atoms with Gasteiger partial charge in [0.15, 0.2) is 0 Å². The van der Waals surface area contributed by atoms with Gasteiger partial charge < -0.3 is 9.32 Å². The molecular formula is C25H34N2O2. The van der Waals surface area contributed by atoms with Gasteiger partial charge in [-0.25, -0.2) is 0 Å². The maximum atomic E-state index is 12.2. The van der Waals surface area contributed by atoms with E-state index >= 15 is 0 Å². The number of benzene rings is 1. The molecule has 2 fully saturated rings. The van der Waals surface area contributed by atoms with Gasteiger partial charge in [0.05, 0.1) is 6.54 Å². The van der Waals surface area contributed by atoms with E-state index in [-0.39, 0.29) is 0 Å². The van der Waals surface area contributed by atoms with Gasteiger partial charge in [-0.15, -0.1) is 0 Å². The largest absolute Gasteiger partial charge is 0.465 e. The summed E-state index contributed by atoms with van der Waals surface area (Å²) in [7, 11) is 0. The number of rotatable bonds is 7. The summed E-state index contributed by atoms with van der Waals surface area (Å²) in [6, 6.07) is 13.1. The summed E-state index contributed by atoms with van der Waals surface area (Å²) in [6.07, 6.45) is 7.52. The summed E-state index contributed by atoms with van der Waals surface area (Å²) < 4.78 is 5.72. The normalized spacial score (nSPS) is 18.4. The molecule has 1 amide bonds. The molecule has 4 rings (SSSR count). The third-order valence-electron chi connectivity index (χ3n) is 6.52. The molecule has 0 saturated carbocycles. The third kappa shape index (κ3) is 5.72. The molecule has 0 N–H and O–H groups in total. The average Bonchev–Trinajstić information content (AvgIpc) is 3.41. The van der Waals surface area contributed by atoms with Gasteiger partial charge in [-0.05, 0) is 87.7 Å². The molecule has 0 bridgehead atoms. The fourth-order valence-electron chi connectivity index (χ4n) is 4.69. The Morgan fingerprint density at radius 1 is 0.966 bits per heavy atom. The Balaban J connectivity index is 1.18. The zero-order valence-corrected chi connectivity index (χ0v) is 17.7. The van der Waals surface area contributed by atoms with Gasteiger partial charge in [-0.1, -0.05) is 24.3 Å². The smallest absolute Gasteiger partial charge is 0.222 e. The van der Waals surface area contributed by atoms with Crippen molar-refractivity contribution in [2.24, 2.45) is 5.92 Å². The maximum absolute atomic E-state index is 12.2. The van der Waals surface area contributed by atoms with Gasteiger partial charge in [0.25, 0.3) is 0 Å². The van der Waals surface area contributed by atoms with E-state index in [1.807, 2.05) is 17.9 Å². The number of piperidine rings is 1. The monoisotopic (exact) mass is 394 g/mol. The van der Waals surface area contributed by atoms with Gasteiger partial charge in [-0.3, -0.25) is 9.69 Å². The number of hydrogen-bond acceptors (Lipinski definition) is 3. The van der Waals surface area contributed by atoms with E-state index in [1.54, 1.807) is 0 Å². The minimum atomic E-state index is 0.322. The molecule has 0 radical (unpaired) electrons. The average molecular weight is 395 g/mol. The summed E-state index contributed by atoms with van der Waals surface area (Å²) in [5.74, 6) is 3.17. The van der Waals surface area contributed by atoms with E-state index in [1.165, 1.54) is 43.2 Å². The number of nitrogens with zero attached hydrogens (tertiary/aromatic N) is 2. The van der Waals surface area contributed by atoms with Crippen molar-refractivity contribution in [3.8, 4) is 0 Å². The Kier molecular flexibility index (Phi) is 6.70. The van der Waals surface area contributed by atoms with Crippen LogP contribution in [0.25, 0.3) is 0 Å². The minimum absolute atomic E-state index is 0.322. The molecule has 2 aliphatic rings. The number of carbonyl (C=O) groups is 1. The zero-order chi connectivity index (χ0) is 20.1. The highest BCUT2D eigenvalue weighted by molar-refractivity contribution is 5.76. The topological polar surface area (TPSA) is 36.7 Å². The van der Waals surface area contributed by atoms with Crippen molar-refractivity contribution in [1.82, 2.24) is 9.80 Å². The molecule has 156 valence electrons. The quantitative estimate of drug-likeness (QED) is 0.689. The third-order valence-corrected chi connectivity index (χ3v) is 6.52. The second-order valence-corrected chi connectivity index (χ2v) is 8.84. The first-order valence-electron chi connectivity index (χ1n) is 11.3. The lowest BCUT2D eigenvalue weighted by molar-refractivity contribution is -0.130. The van der Waals surface area contributed by atoms with Crippen LogP contribution in [0.2, 0.25) is 0 Å². The van der Waals surface area contributed by atoms with Crippen molar-refractivity contribution < 1.29 is 9.21 Å². The minimum Gasteiger partial charge on any atom is -0.465 e. The number of hydrogen-bond donors (Lipinski definition) is 0. The summed E-state index contributed by atoms with van der Waals surface area (Å²) in [5.41, 5.74) is 2.71. The Morgan fingerprint density at radius 2 is 1.66 bits per heavy atom. The van der Waals surface area contributed by atoms with E-state index in [2.05, 4.69) is 35.2 Å². The molecule has 3 heterocycles. The number of aryl methyl sites for hydroxylation is 2. The van der Waals surface area contributed by atoms with E-state index in [0.717, 1.165) is 56.6 Å². The van der Waals surface area contributed by atoms with Gasteiger partial charge in [0, 0.05) is 19.5 Å². The SMILES string of the molecule is Cc1ccc(CN2CCC(Cc3ccc(CCC(=O)N4CCCC4)cc3)CC2)o1. The lowest BCUT2D eigenvalue weighted by Crippen LogP contribution is -2.33. The summed E-state index contributed by atoms with van der Waals surface area (Å²) in [5, 5.41) is 0. The first kappa shape index (κ1) is 20.2. The van der Waals surface area contributed by atoms with Crippen LogP contribution in [0.5, 0.6) is 0 Å². The van der Waals surface area contributed by atoms with Gasteiger partial charge in [-0.2, -0.15) is 0 Å². The Bertz CT molecular complexity index is 781. The van der Waals surface area contributed by atoms with Gasteiger partial charge >= 0.3 is 0 Å². The van der Waals surface area contributed by atoms with Crippen LogP contribution in [0, 0.1) is 12.8 Å². The van der Waals surface area contributed by atoms with Crippen LogP contribution in [0.15, 0.2) is 40.8 Å². The van der Waals surface area contributed by atoms with Crippen molar-refractivity contribution in [1.29, 1.82) is 0 Å². The van der Waals surface area contributed by atoms with Crippen LogP contribution in [-0.2, 0) is 24.2 Å². The van der Waals surface area contributed by atoms with Crippen LogP contribution < -0.4 is 0 Å². The molecule has 29 heavy (non-hydrogen) atoms. The molecule has 2 aliphatic heterocycles. The molecule has 0 aliphatic carbocycles. The van der Waals surface area contributed by atoms with Crippen LogP contribution in [0.3, 0.4) is 0 Å². The highest BCUT2D eigenvalue weighted by atomic mass is 16.3.